The van der Waals surface area contributed by atoms with Crippen molar-refractivity contribution in [2.75, 3.05) is 36.5 Å². The molecular formula is C23H30N4O3. The van der Waals surface area contributed by atoms with Gasteiger partial charge in [-0.1, -0.05) is 18.2 Å². The van der Waals surface area contributed by atoms with E-state index >= 15 is 0 Å². The Morgan fingerprint density at radius 2 is 2.10 bits per heavy atom. The number of anilines is 2. The second-order valence-corrected chi connectivity index (χ2v) is 7.68. The van der Waals surface area contributed by atoms with Crippen LogP contribution in [0.15, 0.2) is 36.5 Å². The third kappa shape index (κ3) is 4.07. The number of aromatic nitrogens is 2. The summed E-state index contributed by atoms with van der Waals surface area (Å²) < 4.78 is 11.7. The zero-order valence-corrected chi connectivity index (χ0v) is 17.9. The van der Waals surface area contributed by atoms with Crippen molar-refractivity contribution in [3.63, 3.8) is 0 Å². The Balaban J connectivity index is 1.72. The summed E-state index contributed by atoms with van der Waals surface area (Å²) in [6.07, 6.45) is 6.43. The van der Waals surface area contributed by atoms with E-state index in [1.165, 1.54) is 5.56 Å². The number of rotatable bonds is 5. The molecule has 7 heteroatoms. The van der Waals surface area contributed by atoms with Crippen LogP contribution < -0.4 is 19.3 Å². The van der Waals surface area contributed by atoms with E-state index in [1.807, 2.05) is 30.5 Å². The second kappa shape index (κ2) is 8.92. The zero-order chi connectivity index (χ0) is 21.1. The average Bonchev–Trinajstić information content (AvgIpc) is 3.16. The van der Waals surface area contributed by atoms with Crippen LogP contribution in [0.25, 0.3) is 0 Å². The maximum Gasteiger partial charge on any atom is 0.227 e. The fraction of sp³-hybridized carbons (Fsp3) is 0.478. The fourth-order valence-electron chi connectivity index (χ4n) is 4.19. The van der Waals surface area contributed by atoms with Gasteiger partial charge in [0.25, 0.3) is 0 Å². The molecule has 0 aliphatic carbocycles. The predicted molar refractivity (Wildman–Crippen MR) is 118 cm³/mol. The van der Waals surface area contributed by atoms with Crippen LogP contribution in [0.4, 0.5) is 11.8 Å². The minimum Gasteiger partial charge on any atom is -0.493 e. The second-order valence-electron chi connectivity index (χ2n) is 7.68. The number of hydrogen-bond donors (Lipinski definition) is 1. The Labute approximate surface area is 178 Å². The highest BCUT2D eigenvalue weighted by Crippen LogP contribution is 2.41. The number of aliphatic hydroxyl groups is 1. The van der Waals surface area contributed by atoms with E-state index in [4.69, 9.17) is 14.5 Å². The van der Waals surface area contributed by atoms with Gasteiger partial charge in [0, 0.05) is 50.8 Å². The van der Waals surface area contributed by atoms with Gasteiger partial charge >= 0.3 is 0 Å². The molecule has 7 nitrogen and oxygen atoms in total. The highest BCUT2D eigenvalue weighted by atomic mass is 16.5. The highest BCUT2D eigenvalue weighted by molar-refractivity contribution is 5.55. The molecule has 2 bridgehead atoms. The van der Waals surface area contributed by atoms with Crippen LogP contribution in [0, 0.1) is 0 Å². The summed E-state index contributed by atoms with van der Waals surface area (Å²) in [5.74, 6) is 3.16. The van der Waals surface area contributed by atoms with E-state index in [9.17, 15) is 5.11 Å². The topological polar surface area (TPSA) is 71.0 Å². The van der Waals surface area contributed by atoms with Gasteiger partial charge in [-0.15, -0.1) is 0 Å². The molecule has 1 aromatic heterocycles. The van der Waals surface area contributed by atoms with Gasteiger partial charge in [-0.3, -0.25) is 0 Å². The van der Waals surface area contributed by atoms with Crippen molar-refractivity contribution in [2.45, 2.75) is 45.4 Å². The summed E-state index contributed by atoms with van der Waals surface area (Å²) >= 11 is 0. The molecule has 0 spiro atoms. The normalized spacial score (nSPS) is 21.5. The summed E-state index contributed by atoms with van der Waals surface area (Å²) in [7, 11) is 1.66. The summed E-state index contributed by atoms with van der Waals surface area (Å²) in [5.41, 5.74) is 2.36. The Morgan fingerprint density at radius 1 is 1.27 bits per heavy atom. The predicted octanol–water partition coefficient (Wildman–Crippen LogP) is 2.96. The van der Waals surface area contributed by atoms with Crippen LogP contribution >= 0.6 is 0 Å². The van der Waals surface area contributed by atoms with Crippen molar-refractivity contribution in [1.29, 1.82) is 0 Å². The number of nitrogens with zero attached hydrogens (tertiary/aromatic N) is 4. The quantitative estimate of drug-likeness (QED) is 0.760. The lowest BCUT2D eigenvalue weighted by molar-refractivity contribution is 0.133. The average molecular weight is 411 g/mol. The first-order valence-electron chi connectivity index (χ1n) is 10.7. The molecule has 2 aliphatic rings. The smallest absolute Gasteiger partial charge is 0.227 e. The van der Waals surface area contributed by atoms with Crippen molar-refractivity contribution in [2.24, 2.45) is 0 Å². The largest absolute Gasteiger partial charge is 0.493 e. The minimum absolute atomic E-state index is 0.0467. The molecule has 0 radical (unpaired) electrons. The molecule has 4 rings (SSSR count). The Bertz CT molecular complexity index is 913. The van der Waals surface area contributed by atoms with E-state index in [-0.39, 0.29) is 6.10 Å². The molecule has 1 aromatic carbocycles. The SMILES string of the molecule is CCN(CC)c1nccc(N2C/C=C/[C@H](O)CC3Cc4c(ccc(OC)c4O3)C2)n1. The molecule has 0 fully saturated rings. The van der Waals surface area contributed by atoms with E-state index in [0.717, 1.165) is 48.3 Å². The summed E-state index contributed by atoms with van der Waals surface area (Å²) in [4.78, 5) is 13.6. The Kier molecular flexibility index (Phi) is 6.08. The van der Waals surface area contributed by atoms with Crippen LogP contribution in [0.2, 0.25) is 0 Å². The molecule has 2 aromatic rings. The zero-order valence-electron chi connectivity index (χ0n) is 17.9. The maximum atomic E-state index is 10.4. The van der Waals surface area contributed by atoms with Crippen molar-refractivity contribution < 1.29 is 14.6 Å². The standard InChI is InChI=1S/C23H30N4O3/c1-4-26(5-2)23-24-11-10-21(25-23)27-12-6-7-17(28)13-18-14-19-16(15-27)8-9-20(29-3)22(19)30-18/h6-11,17-18,28H,4-5,12-15H2,1-3H3/b7-6+/t17-,18?/m0/s1. The molecule has 0 amide bonds. The van der Waals surface area contributed by atoms with Gasteiger partial charge in [-0.05, 0) is 31.5 Å². The molecule has 1 unspecified atom stereocenters. The van der Waals surface area contributed by atoms with Gasteiger partial charge in [0.15, 0.2) is 11.5 Å². The van der Waals surface area contributed by atoms with Crippen LogP contribution in [0.3, 0.4) is 0 Å². The lowest BCUT2D eigenvalue weighted by Gasteiger charge is -2.26. The first-order chi connectivity index (χ1) is 14.6. The highest BCUT2D eigenvalue weighted by Gasteiger charge is 2.30. The van der Waals surface area contributed by atoms with Crippen LogP contribution in [-0.4, -0.2) is 54.0 Å². The molecule has 2 aliphatic heterocycles. The number of aliphatic hydroxyl groups excluding tert-OH is 1. The molecular weight excluding hydrogens is 380 g/mol. The molecule has 0 saturated heterocycles. The van der Waals surface area contributed by atoms with Crippen LogP contribution in [-0.2, 0) is 13.0 Å². The molecule has 160 valence electrons. The lowest BCUT2D eigenvalue weighted by Crippen LogP contribution is -2.28. The molecule has 1 N–H and O–H groups in total. The lowest BCUT2D eigenvalue weighted by atomic mass is 10.00. The Hall–Kier alpha value is -2.80. The van der Waals surface area contributed by atoms with Crippen molar-refractivity contribution in [3.05, 3.63) is 47.7 Å². The monoisotopic (exact) mass is 410 g/mol. The minimum atomic E-state index is -0.546. The van der Waals surface area contributed by atoms with Crippen LogP contribution in [0.1, 0.15) is 31.4 Å². The van der Waals surface area contributed by atoms with Crippen molar-refractivity contribution >= 4 is 11.8 Å². The molecule has 0 saturated carbocycles. The number of ether oxygens (including phenoxy) is 2. The van der Waals surface area contributed by atoms with Gasteiger partial charge in [0.2, 0.25) is 5.95 Å². The summed E-state index contributed by atoms with van der Waals surface area (Å²) in [6, 6.07) is 6.02. The van der Waals surface area contributed by atoms with E-state index in [1.54, 1.807) is 7.11 Å². The van der Waals surface area contributed by atoms with Crippen molar-refractivity contribution in [1.82, 2.24) is 9.97 Å². The van der Waals surface area contributed by atoms with E-state index in [2.05, 4.69) is 34.7 Å². The molecule has 2 atom stereocenters. The van der Waals surface area contributed by atoms with Crippen molar-refractivity contribution in [3.8, 4) is 11.5 Å². The first kappa shape index (κ1) is 20.5. The van der Waals surface area contributed by atoms with Gasteiger partial charge < -0.3 is 24.4 Å². The number of hydrogen-bond acceptors (Lipinski definition) is 7. The van der Waals surface area contributed by atoms with Gasteiger partial charge in [0.1, 0.15) is 11.9 Å². The third-order valence-corrected chi connectivity index (χ3v) is 5.81. The van der Waals surface area contributed by atoms with Gasteiger partial charge in [0.05, 0.1) is 13.2 Å². The van der Waals surface area contributed by atoms with E-state index in [0.29, 0.717) is 19.5 Å². The molecule has 30 heavy (non-hydrogen) atoms. The summed E-state index contributed by atoms with van der Waals surface area (Å²) in [5, 5.41) is 10.4. The van der Waals surface area contributed by atoms with E-state index < -0.39 is 6.10 Å². The van der Waals surface area contributed by atoms with Gasteiger partial charge in [-0.2, -0.15) is 4.98 Å². The number of fused-ring (bicyclic) bond motifs is 1. The number of methoxy groups -OCH3 is 1. The first-order valence-corrected chi connectivity index (χ1v) is 10.7. The Morgan fingerprint density at radius 3 is 2.87 bits per heavy atom. The maximum absolute atomic E-state index is 10.4. The summed E-state index contributed by atoms with van der Waals surface area (Å²) in [6.45, 7) is 7.27. The number of benzene rings is 1. The van der Waals surface area contributed by atoms with Gasteiger partial charge in [-0.25, -0.2) is 4.98 Å². The molecule has 3 heterocycles. The van der Waals surface area contributed by atoms with Crippen LogP contribution in [0.5, 0.6) is 11.5 Å². The third-order valence-electron chi connectivity index (χ3n) is 5.81. The fourth-order valence-corrected chi connectivity index (χ4v) is 4.19.